The van der Waals surface area contributed by atoms with Gasteiger partial charge in [0, 0.05) is 32.4 Å². The summed E-state index contributed by atoms with van der Waals surface area (Å²) >= 11 is 0. The molecule has 0 radical (unpaired) electrons. The summed E-state index contributed by atoms with van der Waals surface area (Å²) in [5.74, 6) is -0.124. The summed E-state index contributed by atoms with van der Waals surface area (Å²) in [7, 11) is 5.03. The third kappa shape index (κ3) is 2.98. The number of nitrogens with zero attached hydrogens (tertiary/aromatic N) is 1. The van der Waals surface area contributed by atoms with Gasteiger partial charge >= 0.3 is 7.12 Å². The number of nitrogens with one attached hydrogen (secondary N) is 1. The second-order valence-electron chi connectivity index (χ2n) is 6.88. The molecule has 1 fully saturated rings. The molecule has 120 valence electrons. The van der Waals surface area contributed by atoms with Gasteiger partial charge in [-0.05, 0) is 51.4 Å². The number of hydrogen-bond acceptors (Lipinski definition) is 4. The number of carbonyl (C=O) groups excluding carboxylic acids is 1. The van der Waals surface area contributed by atoms with Crippen molar-refractivity contribution in [1.29, 1.82) is 0 Å². The molecule has 0 atom stereocenters. The first-order valence-corrected chi connectivity index (χ1v) is 7.47. The monoisotopic (exact) mass is 304 g/mol. The third-order valence-electron chi connectivity index (χ3n) is 4.47. The van der Waals surface area contributed by atoms with Gasteiger partial charge in [-0.15, -0.1) is 0 Å². The topological polar surface area (TPSA) is 50.8 Å². The minimum Gasteiger partial charge on any atom is -0.399 e. The molecule has 1 aromatic rings. The van der Waals surface area contributed by atoms with E-state index < -0.39 is 18.3 Å². The Morgan fingerprint density at radius 2 is 1.64 bits per heavy atom. The fourth-order valence-corrected chi connectivity index (χ4v) is 2.28. The summed E-state index contributed by atoms with van der Waals surface area (Å²) < 4.78 is 12.2. The van der Waals surface area contributed by atoms with Crippen LogP contribution in [0.1, 0.15) is 38.1 Å². The Morgan fingerprint density at radius 3 is 2.09 bits per heavy atom. The Balaban J connectivity index is 2.43. The van der Waals surface area contributed by atoms with Crippen LogP contribution in [0.4, 0.5) is 5.69 Å². The van der Waals surface area contributed by atoms with E-state index in [0.29, 0.717) is 5.56 Å². The maximum Gasteiger partial charge on any atom is 0.494 e. The van der Waals surface area contributed by atoms with Gasteiger partial charge in [-0.2, -0.15) is 0 Å². The fraction of sp³-hybridized carbons (Fsp3) is 0.562. The standard InChI is InChI=1S/C16H25BN2O3/c1-15(2)16(3,4)22-17(21-15)12-8-11(14(20)18-5)9-13(10-12)19(6)7/h8-10H,1-7H3,(H,18,20). The van der Waals surface area contributed by atoms with Crippen molar-refractivity contribution in [2.75, 3.05) is 26.0 Å². The van der Waals surface area contributed by atoms with Crippen molar-refractivity contribution in [2.24, 2.45) is 0 Å². The smallest absolute Gasteiger partial charge is 0.399 e. The average molecular weight is 304 g/mol. The molecule has 6 heteroatoms. The quantitative estimate of drug-likeness (QED) is 0.858. The van der Waals surface area contributed by atoms with E-state index in [9.17, 15) is 4.79 Å². The van der Waals surface area contributed by atoms with Crippen molar-refractivity contribution >= 4 is 24.2 Å². The van der Waals surface area contributed by atoms with Crippen molar-refractivity contribution in [3.05, 3.63) is 23.8 Å². The molecular formula is C16H25BN2O3. The number of hydrogen-bond donors (Lipinski definition) is 1. The molecule has 1 heterocycles. The molecule has 0 saturated carbocycles. The van der Waals surface area contributed by atoms with Gasteiger partial charge in [-0.3, -0.25) is 4.79 Å². The largest absolute Gasteiger partial charge is 0.494 e. The van der Waals surface area contributed by atoms with Crippen molar-refractivity contribution in [3.8, 4) is 0 Å². The van der Waals surface area contributed by atoms with Crippen LogP contribution in [-0.4, -0.2) is 45.4 Å². The van der Waals surface area contributed by atoms with E-state index in [1.807, 2.05) is 64.9 Å². The molecule has 2 rings (SSSR count). The molecule has 0 bridgehead atoms. The van der Waals surface area contributed by atoms with Crippen LogP contribution >= 0.6 is 0 Å². The van der Waals surface area contributed by atoms with E-state index in [4.69, 9.17) is 9.31 Å². The normalized spacial score (nSPS) is 19.1. The highest BCUT2D eigenvalue weighted by Crippen LogP contribution is 2.36. The first-order chi connectivity index (χ1) is 10.1. The molecule has 1 aliphatic rings. The lowest BCUT2D eigenvalue weighted by atomic mass is 9.78. The van der Waals surface area contributed by atoms with Crippen LogP contribution in [0.15, 0.2) is 18.2 Å². The summed E-state index contributed by atoms with van der Waals surface area (Å²) in [6.45, 7) is 8.07. The Labute approximate surface area is 133 Å². The zero-order valence-electron chi connectivity index (χ0n) is 14.5. The van der Waals surface area contributed by atoms with E-state index in [0.717, 1.165) is 11.2 Å². The van der Waals surface area contributed by atoms with Gasteiger partial charge in [0.15, 0.2) is 0 Å². The zero-order valence-corrected chi connectivity index (χ0v) is 14.5. The molecule has 0 spiro atoms. The van der Waals surface area contributed by atoms with Gasteiger partial charge in [0.05, 0.1) is 11.2 Å². The minimum atomic E-state index is -0.478. The first-order valence-electron chi connectivity index (χ1n) is 7.47. The molecule has 22 heavy (non-hydrogen) atoms. The van der Waals surface area contributed by atoms with Gasteiger partial charge in [0.2, 0.25) is 0 Å². The number of carbonyl (C=O) groups is 1. The van der Waals surface area contributed by atoms with E-state index in [1.54, 1.807) is 7.05 Å². The summed E-state index contributed by atoms with van der Waals surface area (Å²) in [6.07, 6.45) is 0. The van der Waals surface area contributed by atoms with Crippen LogP contribution < -0.4 is 15.7 Å². The van der Waals surface area contributed by atoms with Crippen molar-refractivity contribution in [1.82, 2.24) is 5.32 Å². The van der Waals surface area contributed by atoms with Gasteiger partial charge in [-0.1, -0.05) is 0 Å². The Morgan fingerprint density at radius 1 is 1.09 bits per heavy atom. The van der Waals surface area contributed by atoms with E-state index in [-0.39, 0.29) is 5.91 Å². The maximum absolute atomic E-state index is 12.0. The predicted molar refractivity (Wildman–Crippen MR) is 89.9 cm³/mol. The lowest BCUT2D eigenvalue weighted by molar-refractivity contribution is 0.00578. The predicted octanol–water partition coefficient (Wildman–Crippen LogP) is 1.41. The van der Waals surface area contributed by atoms with E-state index in [2.05, 4.69) is 5.32 Å². The average Bonchev–Trinajstić information content (AvgIpc) is 2.66. The van der Waals surface area contributed by atoms with Gasteiger partial charge in [0.25, 0.3) is 5.91 Å². The van der Waals surface area contributed by atoms with Crippen LogP contribution in [0, 0.1) is 0 Å². The highest BCUT2D eigenvalue weighted by atomic mass is 16.7. The first kappa shape index (κ1) is 16.8. The lowest BCUT2D eigenvalue weighted by Crippen LogP contribution is -2.41. The van der Waals surface area contributed by atoms with Crippen LogP contribution in [0.5, 0.6) is 0 Å². The van der Waals surface area contributed by atoms with Crippen molar-refractivity contribution in [2.45, 2.75) is 38.9 Å². The molecule has 0 aliphatic carbocycles. The lowest BCUT2D eigenvalue weighted by Gasteiger charge is -2.32. The van der Waals surface area contributed by atoms with Crippen LogP contribution in [0.25, 0.3) is 0 Å². The number of rotatable bonds is 3. The fourth-order valence-electron chi connectivity index (χ4n) is 2.28. The number of anilines is 1. The molecule has 1 aromatic carbocycles. The zero-order chi connectivity index (χ0) is 16.7. The molecule has 0 unspecified atom stereocenters. The molecule has 1 amide bonds. The third-order valence-corrected chi connectivity index (χ3v) is 4.47. The molecule has 1 saturated heterocycles. The molecule has 1 aliphatic heterocycles. The highest BCUT2D eigenvalue weighted by molar-refractivity contribution is 6.62. The van der Waals surface area contributed by atoms with Gasteiger partial charge in [0.1, 0.15) is 0 Å². The van der Waals surface area contributed by atoms with Crippen LogP contribution in [-0.2, 0) is 9.31 Å². The minimum absolute atomic E-state index is 0.124. The van der Waals surface area contributed by atoms with Gasteiger partial charge < -0.3 is 19.5 Å². The Hall–Kier alpha value is -1.53. The Kier molecular flexibility index (Phi) is 4.28. The molecule has 5 nitrogen and oxygen atoms in total. The summed E-state index contributed by atoms with van der Waals surface area (Å²) in [5, 5.41) is 2.66. The molecular weight excluding hydrogens is 279 g/mol. The SMILES string of the molecule is CNC(=O)c1cc(B2OC(C)(C)C(C)(C)O2)cc(N(C)C)c1. The van der Waals surface area contributed by atoms with Crippen molar-refractivity contribution < 1.29 is 14.1 Å². The second-order valence-corrected chi connectivity index (χ2v) is 6.88. The van der Waals surface area contributed by atoms with Crippen LogP contribution in [0.3, 0.4) is 0 Å². The van der Waals surface area contributed by atoms with Crippen molar-refractivity contribution in [3.63, 3.8) is 0 Å². The van der Waals surface area contributed by atoms with E-state index in [1.165, 1.54) is 0 Å². The number of amides is 1. The Bertz CT molecular complexity index is 569. The highest BCUT2D eigenvalue weighted by Gasteiger charge is 2.51. The number of benzene rings is 1. The molecule has 1 N–H and O–H groups in total. The maximum atomic E-state index is 12.0. The van der Waals surface area contributed by atoms with Gasteiger partial charge in [-0.25, -0.2) is 0 Å². The summed E-state index contributed by atoms with van der Waals surface area (Å²) in [6, 6.07) is 5.68. The second kappa shape index (κ2) is 5.59. The summed E-state index contributed by atoms with van der Waals surface area (Å²) in [5.41, 5.74) is 1.57. The summed E-state index contributed by atoms with van der Waals surface area (Å²) in [4.78, 5) is 14.0. The van der Waals surface area contributed by atoms with E-state index >= 15 is 0 Å². The molecule has 0 aromatic heterocycles. The van der Waals surface area contributed by atoms with Crippen LogP contribution in [0.2, 0.25) is 0 Å².